The van der Waals surface area contributed by atoms with Gasteiger partial charge in [0.15, 0.2) is 5.78 Å². The lowest BCUT2D eigenvalue weighted by Gasteiger charge is -2.18. The Bertz CT molecular complexity index is 666. The van der Waals surface area contributed by atoms with Crippen molar-refractivity contribution in [3.8, 4) is 0 Å². The average Bonchev–Trinajstić information content (AvgIpc) is 2.30. The molecule has 1 aromatic rings. The number of hydrogen-bond acceptors (Lipinski definition) is 4. The molecule has 20 heavy (non-hydrogen) atoms. The largest absolute Gasteiger partial charge is 0.307 e. The summed E-state index contributed by atoms with van der Waals surface area (Å²) in [6.45, 7) is 5.11. The van der Waals surface area contributed by atoms with Crippen molar-refractivity contribution in [2.24, 2.45) is 5.41 Å². The highest BCUT2D eigenvalue weighted by molar-refractivity contribution is 7.89. The van der Waals surface area contributed by atoms with Crippen LogP contribution in [0.5, 0.6) is 0 Å². The molecule has 0 amide bonds. The first kappa shape index (κ1) is 16.6. The monoisotopic (exact) mass is 300 g/mol. The second kappa shape index (κ2) is 5.49. The molecule has 0 aliphatic rings. The zero-order valence-corrected chi connectivity index (χ0v) is 13.2. The molecule has 0 spiro atoms. The normalized spacial score (nSPS) is 12.7. The SMILES string of the molecule is CN(C)S(=O)(=O)c1ccc(=O)n(CC(=O)C(C)(C)C)c1. The molecule has 0 bridgehead atoms. The standard InChI is InChI=1S/C13H20N2O4S/c1-13(2,3)11(16)9-15-8-10(6-7-12(15)17)20(18,19)14(4)5/h6-8H,9H2,1-5H3. The molecule has 0 radical (unpaired) electrons. The van der Waals surface area contributed by atoms with E-state index in [1.807, 2.05) is 0 Å². The molecule has 7 heteroatoms. The highest BCUT2D eigenvalue weighted by Gasteiger charge is 2.23. The first-order valence-electron chi connectivity index (χ1n) is 6.12. The van der Waals surface area contributed by atoms with Crippen LogP contribution < -0.4 is 5.56 Å². The van der Waals surface area contributed by atoms with E-state index in [4.69, 9.17) is 0 Å². The molecule has 0 aromatic carbocycles. The summed E-state index contributed by atoms with van der Waals surface area (Å²) in [5.41, 5.74) is -0.990. The predicted molar refractivity (Wildman–Crippen MR) is 76.0 cm³/mol. The van der Waals surface area contributed by atoms with E-state index in [0.717, 1.165) is 14.9 Å². The van der Waals surface area contributed by atoms with Gasteiger partial charge in [0.2, 0.25) is 10.0 Å². The lowest BCUT2D eigenvalue weighted by Crippen LogP contribution is -2.31. The molecule has 0 N–H and O–H groups in total. The smallest absolute Gasteiger partial charge is 0.250 e. The maximum absolute atomic E-state index is 12.0. The fourth-order valence-corrected chi connectivity index (χ4v) is 2.31. The number of ketones is 1. The number of pyridine rings is 1. The number of carbonyl (C=O) groups excluding carboxylic acids is 1. The Morgan fingerprint density at radius 1 is 1.25 bits per heavy atom. The van der Waals surface area contributed by atoms with Gasteiger partial charge in [0.05, 0.1) is 11.4 Å². The van der Waals surface area contributed by atoms with Crippen LogP contribution in [0.4, 0.5) is 0 Å². The second-order valence-corrected chi connectivity index (χ2v) is 7.94. The van der Waals surface area contributed by atoms with Crippen LogP contribution in [0.3, 0.4) is 0 Å². The lowest BCUT2D eigenvalue weighted by atomic mass is 9.91. The van der Waals surface area contributed by atoms with E-state index in [2.05, 4.69) is 0 Å². The van der Waals surface area contributed by atoms with Crippen LogP contribution in [0.1, 0.15) is 20.8 Å². The summed E-state index contributed by atoms with van der Waals surface area (Å²) in [4.78, 5) is 23.7. The van der Waals surface area contributed by atoms with Gasteiger partial charge in [0.1, 0.15) is 0 Å². The summed E-state index contributed by atoms with van der Waals surface area (Å²) in [5, 5.41) is 0. The second-order valence-electron chi connectivity index (χ2n) is 5.79. The first-order chi connectivity index (χ1) is 8.96. The molecule has 112 valence electrons. The van der Waals surface area contributed by atoms with E-state index < -0.39 is 21.0 Å². The third-order valence-electron chi connectivity index (χ3n) is 2.89. The number of hydrogen-bond donors (Lipinski definition) is 0. The van der Waals surface area contributed by atoms with E-state index in [0.29, 0.717) is 0 Å². The first-order valence-corrected chi connectivity index (χ1v) is 7.56. The van der Waals surface area contributed by atoms with E-state index in [1.165, 1.54) is 26.4 Å². The van der Waals surface area contributed by atoms with E-state index in [9.17, 15) is 18.0 Å². The van der Waals surface area contributed by atoms with Crippen molar-refractivity contribution in [1.82, 2.24) is 8.87 Å². The maximum Gasteiger partial charge on any atom is 0.250 e. The van der Waals surface area contributed by atoms with Crippen molar-refractivity contribution < 1.29 is 13.2 Å². The molecule has 0 unspecified atom stereocenters. The molecule has 0 aliphatic carbocycles. The topological polar surface area (TPSA) is 76.5 Å². The molecule has 1 aromatic heterocycles. The van der Waals surface area contributed by atoms with Crippen molar-refractivity contribution in [3.05, 3.63) is 28.7 Å². The third-order valence-corrected chi connectivity index (χ3v) is 4.68. The van der Waals surface area contributed by atoms with Crippen LogP contribution in [-0.2, 0) is 21.4 Å². The molecule has 1 heterocycles. The summed E-state index contributed by atoms with van der Waals surface area (Å²) in [5.74, 6) is -0.140. The number of nitrogens with zero attached hydrogens (tertiary/aromatic N) is 2. The summed E-state index contributed by atoms with van der Waals surface area (Å²) in [6.07, 6.45) is 1.21. The Morgan fingerprint density at radius 2 is 1.80 bits per heavy atom. The van der Waals surface area contributed by atoms with Crippen LogP contribution in [-0.4, -0.2) is 37.2 Å². The summed E-state index contributed by atoms with van der Waals surface area (Å²) in [6, 6.07) is 2.40. The van der Waals surface area contributed by atoms with Crippen molar-refractivity contribution >= 4 is 15.8 Å². The van der Waals surface area contributed by atoms with Crippen LogP contribution in [0.15, 0.2) is 28.0 Å². The van der Waals surface area contributed by atoms with E-state index in [-0.39, 0.29) is 17.2 Å². The van der Waals surface area contributed by atoms with Crippen molar-refractivity contribution in [2.75, 3.05) is 14.1 Å². The number of rotatable bonds is 4. The minimum Gasteiger partial charge on any atom is -0.307 e. The van der Waals surface area contributed by atoms with Gasteiger partial charge in [-0.2, -0.15) is 0 Å². The van der Waals surface area contributed by atoms with Gasteiger partial charge in [-0.05, 0) is 6.07 Å². The molecular formula is C13H20N2O4S. The Kier molecular flexibility index (Phi) is 4.55. The van der Waals surface area contributed by atoms with Crippen LogP contribution in [0, 0.1) is 5.41 Å². The Hall–Kier alpha value is -1.47. The molecule has 0 aliphatic heterocycles. The molecule has 0 saturated carbocycles. The highest BCUT2D eigenvalue weighted by atomic mass is 32.2. The van der Waals surface area contributed by atoms with E-state index >= 15 is 0 Å². The van der Waals surface area contributed by atoms with Gasteiger partial charge in [0, 0.05) is 31.8 Å². The maximum atomic E-state index is 12.0. The Labute approximate surface area is 119 Å². The van der Waals surface area contributed by atoms with Crippen LogP contribution >= 0.6 is 0 Å². The van der Waals surface area contributed by atoms with Gasteiger partial charge < -0.3 is 4.57 Å². The summed E-state index contributed by atoms with van der Waals surface area (Å²) >= 11 is 0. The highest BCUT2D eigenvalue weighted by Crippen LogP contribution is 2.16. The minimum absolute atomic E-state index is 0.0104. The Morgan fingerprint density at radius 3 is 2.25 bits per heavy atom. The van der Waals surface area contributed by atoms with Gasteiger partial charge >= 0.3 is 0 Å². The molecule has 6 nitrogen and oxygen atoms in total. The van der Waals surface area contributed by atoms with Crippen molar-refractivity contribution in [1.29, 1.82) is 0 Å². The van der Waals surface area contributed by atoms with Crippen LogP contribution in [0.2, 0.25) is 0 Å². The zero-order valence-electron chi connectivity index (χ0n) is 12.4. The minimum atomic E-state index is -3.63. The molecule has 0 atom stereocenters. The number of aromatic nitrogens is 1. The fraction of sp³-hybridized carbons (Fsp3) is 0.538. The molecule has 0 fully saturated rings. The summed E-state index contributed by atoms with van der Waals surface area (Å²) < 4.78 is 26.2. The molecular weight excluding hydrogens is 280 g/mol. The number of Topliss-reactive ketones (excluding diaryl/α,β-unsaturated/α-hetero) is 1. The van der Waals surface area contributed by atoms with Crippen molar-refractivity contribution in [3.63, 3.8) is 0 Å². The number of sulfonamides is 1. The van der Waals surface area contributed by atoms with Gasteiger partial charge in [-0.1, -0.05) is 20.8 Å². The molecule has 0 saturated heterocycles. The van der Waals surface area contributed by atoms with E-state index in [1.54, 1.807) is 20.8 Å². The van der Waals surface area contributed by atoms with Crippen LogP contribution in [0.25, 0.3) is 0 Å². The average molecular weight is 300 g/mol. The van der Waals surface area contributed by atoms with Gasteiger partial charge in [-0.25, -0.2) is 12.7 Å². The molecule has 1 rings (SSSR count). The Balaban J connectivity index is 3.25. The zero-order chi connectivity index (χ0) is 15.7. The van der Waals surface area contributed by atoms with Gasteiger partial charge in [-0.3, -0.25) is 9.59 Å². The third kappa shape index (κ3) is 3.55. The fourth-order valence-electron chi connectivity index (χ4n) is 1.39. The predicted octanol–water partition coefficient (Wildman–Crippen LogP) is 0.714. The van der Waals surface area contributed by atoms with Gasteiger partial charge in [-0.15, -0.1) is 0 Å². The van der Waals surface area contributed by atoms with Gasteiger partial charge in [0.25, 0.3) is 5.56 Å². The quantitative estimate of drug-likeness (QED) is 0.821. The summed E-state index contributed by atoms with van der Waals surface area (Å²) in [7, 11) is -0.809. The van der Waals surface area contributed by atoms with Crippen molar-refractivity contribution in [2.45, 2.75) is 32.2 Å². The lowest BCUT2D eigenvalue weighted by molar-refractivity contribution is -0.126. The number of carbonyl (C=O) groups is 1.